The zero-order valence-electron chi connectivity index (χ0n) is 13.7. The van der Waals surface area contributed by atoms with Crippen LogP contribution in [0.15, 0.2) is 54.9 Å². The van der Waals surface area contributed by atoms with Crippen LogP contribution in [0.25, 0.3) is 17.1 Å². The Morgan fingerprint density at radius 1 is 1.24 bits per heavy atom. The van der Waals surface area contributed by atoms with Crippen LogP contribution >= 0.6 is 0 Å². The SMILES string of the molecule is O=C(/C=C/c1ccc(CNCCc2c[nH]c3ncccc23)cc1)NO. The minimum Gasteiger partial charge on any atom is -0.346 e. The van der Waals surface area contributed by atoms with Gasteiger partial charge < -0.3 is 10.3 Å². The van der Waals surface area contributed by atoms with E-state index in [9.17, 15) is 4.79 Å². The van der Waals surface area contributed by atoms with Crippen LogP contribution in [-0.4, -0.2) is 27.6 Å². The fourth-order valence-corrected chi connectivity index (χ4v) is 2.63. The summed E-state index contributed by atoms with van der Waals surface area (Å²) in [5.41, 5.74) is 5.82. The van der Waals surface area contributed by atoms with E-state index in [0.717, 1.165) is 30.7 Å². The van der Waals surface area contributed by atoms with Gasteiger partial charge in [0.2, 0.25) is 0 Å². The zero-order valence-corrected chi connectivity index (χ0v) is 13.7. The average Bonchev–Trinajstić information content (AvgIpc) is 3.07. The predicted molar refractivity (Wildman–Crippen MR) is 96.9 cm³/mol. The molecule has 2 aromatic heterocycles. The summed E-state index contributed by atoms with van der Waals surface area (Å²) in [4.78, 5) is 18.4. The van der Waals surface area contributed by atoms with Gasteiger partial charge in [-0.3, -0.25) is 10.0 Å². The maximum absolute atomic E-state index is 10.9. The molecule has 0 saturated carbocycles. The van der Waals surface area contributed by atoms with Crippen molar-refractivity contribution in [2.75, 3.05) is 6.54 Å². The lowest BCUT2D eigenvalue weighted by Gasteiger charge is -2.05. The predicted octanol–water partition coefficient (Wildman–Crippen LogP) is 2.41. The minimum absolute atomic E-state index is 0.543. The van der Waals surface area contributed by atoms with Crippen molar-refractivity contribution in [3.05, 3.63) is 71.6 Å². The third kappa shape index (κ3) is 4.53. The maximum atomic E-state index is 10.9. The zero-order chi connectivity index (χ0) is 17.5. The Hall–Kier alpha value is -2.96. The first kappa shape index (κ1) is 16.9. The van der Waals surface area contributed by atoms with Gasteiger partial charge in [0.1, 0.15) is 5.65 Å². The second kappa shape index (κ2) is 8.23. The number of amides is 1. The third-order valence-electron chi connectivity index (χ3n) is 3.95. The molecule has 6 nitrogen and oxygen atoms in total. The number of fused-ring (bicyclic) bond motifs is 1. The molecule has 2 heterocycles. The fraction of sp³-hybridized carbons (Fsp3) is 0.158. The van der Waals surface area contributed by atoms with Crippen LogP contribution < -0.4 is 10.8 Å². The van der Waals surface area contributed by atoms with E-state index in [4.69, 9.17) is 5.21 Å². The van der Waals surface area contributed by atoms with E-state index in [1.54, 1.807) is 17.8 Å². The highest BCUT2D eigenvalue weighted by atomic mass is 16.5. The lowest BCUT2D eigenvalue weighted by Crippen LogP contribution is -2.16. The van der Waals surface area contributed by atoms with Crippen molar-refractivity contribution in [1.82, 2.24) is 20.8 Å². The summed E-state index contributed by atoms with van der Waals surface area (Å²) >= 11 is 0. The molecule has 0 unspecified atom stereocenters. The van der Waals surface area contributed by atoms with E-state index >= 15 is 0 Å². The first-order valence-corrected chi connectivity index (χ1v) is 8.09. The van der Waals surface area contributed by atoms with E-state index in [1.807, 2.05) is 36.5 Å². The summed E-state index contributed by atoms with van der Waals surface area (Å²) < 4.78 is 0. The number of aromatic amines is 1. The minimum atomic E-state index is -0.543. The van der Waals surface area contributed by atoms with E-state index in [2.05, 4.69) is 21.4 Å². The number of H-pyrrole nitrogens is 1. The molecule has 0 aliphatic heterocycles. The highest BCUT2D eigenvalue weighted by Gasteiger charge is 2.03. The molecular formula is C19H20N4O2. The van der Waals surface area contributed by atoms with E-state index in [0.29, 0.717) is 0 Å². The molecule has 0 bridgehead atoms. The molecule has 128 valence electrons. The summed E-state index contributed by atoms with van der Waals surface area (Å²) in [5.74, 6) is -0.543. The largest absolute Gasteiger partial charge is 0.346 e. The smallest absolute Gasteiger partial charge is 0.267 e. The molecule has 3 rings (SSSR count). The number of hydrogen-bond donors (Lipinski definition) is 4. The van der Waals surface area contributed by atoms with Crippen LogP contribution in [0.3, 0.4) is 0 Å². The van der Waals surface area contributed by atoms with Gasteiger partial charge in [-0.1, -0.05) is 24.3 Å². The number of hydrogen-bond acceptors (Lipinski definition) is 4. The molecule has 0 radical (unpaired) electrons. The Bertz CT molecular complexity index is 869. The average molecular weight is 336 g/mol. The monoisotopic (exact) mass is 336 g/mol. The number of benzene rings is 1. The molecule has 25 heavy (non-hydrogen) atoms. The van der Waals surface area contributed by atoms with Crippen LogP contribution in [-0.2, 0) is 17.8 Å². The van der Waals surface area contributed by atoms with Crippen molar-refractivity contribution in [3.8, 4) is 0 Å². The highest BCUT2D eigenvalue weighted by molar-refractivity contribution is 5.90. The Balaban J connectivity index is 1.47. The summed E-state index contributed by atoms with van der Waals surface area (Å²) in [7, 11) is 0. The number of aromatic nitrogens is 2. The lowest BCUT2D eigenvalue weighted by molar-refractivity contribution is -0.124. The standard InChI is InChI=1S/C19H20N4O2/c24-18(23-25)8-7-14-3-5-15(6-4-14)12-20-11-9-16-13-22-19-17(16)2-1-10-21-19/h1-8,10,13,20,25H,9,11-12H2,(H,21,22)(H,23,24)/b8-7+. The molecule has 0 aliphatic carbocycles. The molecule has 1 aromatic carbocycles. The third-order valence-corrected chi connectivity index (χ3v) is 3.95. The van der Waals surface area contributed by atoms with Crippen molar-refractivity contribution >= 4 is 23.0 Å². The quantitative estimate of drug-likeness (QED) is 0.231. The van der Waals surface area contributed by atoms with Gasteiger partial charge in [-0.25, -0.2) is 10.5 Å². The van der Waals surface area contributed by atoms with E-state index in [1.165, 1.54) is 22.6 Å². The molecule has 0 saturated heterocycles. The van der Waals surface area contributed by atoms with Crippen molar-refractivity contribution < 1.29 is 10.0 Å². The van der Waals surface area contributed by atoms with E-state index < -0.39 is 5.91 Å². The summed E-state index contributed by atoms with van der Waals surface area (Å²) in [6.45, 7) is 1.65. The lowest BCUT2D eigenvalue weighted by atomic mass is 10.1. The van der Waals surface area contributed by atoms with Crippen LogP contribution in [0, 0.1) is 0 Å². The van der Waals surface area contributed by atoms with Crippen molar-refractivity contribution in [1.29, 1.82) is 0 Å². The molecule has 0 spiro atoms. The number of carbonyl (C=O) groups is 1. The van der Waals surface area contributed by atoms with Crippen molar-refractivity contribution in [2.45, 2.75) is 13.0 Å². The number of carbonyl (C=O) groups excluding carboxylic acids is 1. The number of nitrogens with one attached hydrogen (secondary N) is 3. The first-order valence-electron chi connectivity index (χ1n) is 8.09. The van der Waals surface area contributed by atoms with Gasteiger partial charge in [0, 0.05) is 30.4 Å². The second-order valence-electron chi connectivity index (χ2n) is 5.69. The number of hydroxylamine groups is 1. The summed E-state index contributed by atoms with van der Waals surface area (Å²) in [5, 5.41) is 13.0. The Labute approximate surface area is 145 Å². The molecule has 0 atom stereocenters. The Kier molecular flexibility index (Phi) is 5.56. The van der Waals surface area contributed by atoms with Crippen LogP contribution in [0.2, 0.25) is 0 Å². The number of pyridine rings is 1. The van der Waals surface area contributed by atoms with E-state index in [-0.39, 0.29) is 0 Å². The molecule has 0 aliphatic rings. The van der Waals surface area contributed by atoms with Gasteiger partial charge in [0.05, 0.1) is 0 Å². The van der Waals surface area contributed by atoms with Crippen molar-refractivity contribution in [3.63, 3.8) is 0 Å². The Morgan fingerprint density at radius 3 is 2.88 bits per heavy atom. The Morgan fingerprint density at radius 2 is 2.08 bits per heavy atom. The molecule has 0 fully saturated rings. The topological polar surface area (TPSA) is 90.0 Å². The summed E-state index contributed by atoms with van der Waals surface area (Å²) in [6, 6.07) is 11.9. The van der Waals surface area contributed by atoms with Gasteiger partial charge in [0.25, 0.3) is 5.91 Å². The molecule has 1 amide bonds. The molecule has 6 heteroatoms. The molecular weight excluding hydrogens is 316 g/mol. The van der Waals surface area contributed by atoms with Gasteiger partial charge in [-0.05, 0) is 47.9 Å². The number of nitrogens with zero attached hydrogens (tertiary/aromatic N) is 1. The molecule has 4 N–H and O–H groups in total. The van der Waals surface area contributed by atoms with Gasteiger partial charge in [-0.2, -0.15) is 0 Å². The van der Waals surface area contributed by atoms with Crippen molar-refractivity contribution in [2.24, 2.45) is 0 Å². The first-order chi connectivity index (χ1) is 12.3. The van der Waals surface area contributed by atoms with Gasteiger partial charge in [-0.15, -0.1) is 0 Å². The highest BCUT2D eigenvalue weighted by Crippen LogP contribution is 2.15. The molecule has 3 aromatic rings. The van der Waals surface area contributed by atoms with Gasteiger partial charge >= 0.3 is 0 Å². The van der Waals surface area contributed by atoms with Crippen LogP contribution in [0.1, 0.15) is 16.7 Å². The summed E-state index contributed by atoms with van der Waals surface area (Å²) in [6.07, 6.45) is 7.67. The van der Waals surface area contributed by atoms with Crippen LogP contribution in [0.4, 0.5) is 0 Å². The number of rotatable bonds is 7. The maximum Gasteiger partial charge on any atom is 0.267 e. The fourth-order valence-electron chi connectivity index (χ4n) is 2.63. The normalized spacial score (nSPS) is 11.2. The van der Waals surface area contributed by atoms with Gasteiger partial charge in [0.15, 0.2) is 0 Å². The van der Waals surface area contributed by atoms with Crippen LogP contribution in [0.5, 0.6) is 0 Å². The second-order valence-corrected chi connectivity index (χ2v) is 5.69.